The van der Waals surface area contributed by atoms with Crippen LogP contribution in [0.25, 0.3) is 0 Å². The Morgan fingerprint density at radius 3 is 2.44 bits per heavy atom. The zero-order valence-electron chi connectivity index (χ0n) is 9.41. The van der Waals surface area contributed by atoms with Crippen molar-refractivity contribution in [3.05, 3.63) is 22.2 Å². The van der Waals surface area contributed by atoms with Gasteiger partial charge >= 0.3 is 0 Å². The Morgan fingerprint density at radius 1 is 1.38 bits per heavy atom. The number of aryl methyl sites for hydroxylation is 1. The number of benzene rings is 1. The molecule has 0 unspecified atom stereocenters. The second kappa shape index (κ2) is 4.63. The van der Waals surface area contributed by atoms with E-state index in [-0.39, 0.29) is 0 Å². The molecule has 0 saturated heterocycles. The van der Waals surface area contributed by atoms with Crippen molar-refractivity contribution in [3.63, 3.8) is 0 Å². The molecule has 1 rings (SSSR count). The number of nitrogens with one attached hydrogen (secondary N) is 1. The van der Waals surface area contributed by atoms with Crippen molar-refractivity contribution in [2.75, 3.05) is 10.5 Å². The van der Waals surface area contributed by atoms with Crippen molar-refractivity contribution in [3.8, 4) is 0 Å². The summed E-state index contributed by atoms with van der Waals surface area (Å²) in [4.78, 5) is 0. The zero-order valence-corrected chi connectivity index (χ0v) is 11.8. The van der Waals surface area contributed by atoms with Crippen LogP contribution in [-0.4, -0.2) is 13.7 Å². The highest BCUT2D eigenvalue weighted by molar-refractivity contribution is 9.10. The summed E-state index contributed by atoms with van der Waals surface area (Å²) in [6.45, 7) is 5.10. The Morgan fingerprint density at radius 2 is 1.94 bits per heavy atom. The molecule has 0 aliphatic carbocycles. The van der Waals surface area contributed by atoms with Gasteiger partial charge in [-0.05, 0) is 54.4 Å². The van der Waals surface area contributed by atoms with Crippen LogP contribution in [0.2, 0.25) is 0 Å². The number of nitrogens with two attached hydrogens (primary N) is 1. The smallest absolute Gasteiger partial charge is 0.235 e. The molecule has 0 aromatic heterocycles. The van der Waals surface area contributed by atoms with E-state index in [0.717, 1.165) is 5.56 Å². The van der Waals surface area contributed by atoms with Crippen molar-refractivity contribution >= 4 is 37.3 Å². The molecule has 4 nitrogen and oxygen atoms in total. The van der Waals surface area contributed by atoms with Crippen LogP contribution >= 0.6 is 15.9 Å². The molecule has 1 aromatic rings. The van der Waals surface area contributed by atoms with Crippen LogP contribution in [0.5, 0.6) is 0 Å². The lowest BCUT2D eigenvalue weighted by Crippen LogP contribution is -2.22. The summed E-state index contributed by atoms with van der Waals surface area (Å²) in [6.07, 6.45) is 0. The fourth-order valence-corrected chi connectivity index (χ4v) is 2.44. The summed E-state index contributed by atoms with van der Waals surface area (Å²) in [5, 5.41) is -0.484. The molecule has 6 heteroatoms. The van der Waals surface area contributed by atoms with E-state index in [1.165, 1.54) is 0 Å². The van der Waals surface area contributed by atoms with E-state index in [9.17, 15) is 8.42 Å². The summed E-state index contributed by atoms with van der Waals surface area (Å²) in [5.74, 6) is 0. The van der Waals surface area contributed by atoms with Crippen LogP contribution in [0.4, 0.5) is 11.4 Å². The zero-order chi connectivity index (χ0) is 12.5. The van der Waals surface area contributed by atoms with Crippen molar-refractivity contribution in [1.82, 2.24) is 0 Å². The lowest BCUT2D eigenvalue weighted by molar-refractivity contribution is 0.593. The highest BCUT2D eigenvalue weighted by Gasteiger charge is 2.17. The molecule has 0 fully saturated rings. The SMILES string of the molecule is Cc1cc(Br)c(NS(=O)(=O)C(C)C)cc1N. The normalized spacial score (nSPS) is 11.8. The maximum absolute atomic E-state index is 11.7. The van der Waals surface area contributed by atoms with Gasteiger partial charge in [0.2, 0.25) is 10.0 Å². The number of rotatable bonds is 3. The van der Waals surface area contributed by atoms with Gasteiger partial charge in [-0.3, -0.25) is 4.72 Å². The summed E-state index contributed by atoms with van der Waals surface area (Å²) >= 11 is 3.30. The average molecular weight is 307 g/mol. The van der Waals surface area contributed by atoms with Crippen molar-refractivity contribution in [2.45, 2.75) is 26.0 Å². The Labute approximate surface area is 104 Å². The van der Waals surface area contributed by atoms with E-state index < -0.39 is 15.3 Å². The van der Waals surface area contributed by atoms with Gasteiger partial charge in [0, 0.05) is 10.2 Å². The Kier molecular flexibility index (Phi) is 3.85. The van der Waals surface area contributed by atoms with Gasteiger partial charge in [0.15, 0.2) is 0 Å². The predicted molar refractivity (Wildman–Crippen MR) is 71.0 cm³/mol. The minimum atomic E-state index is -3.34. The third-order valence-electron chi connectivity index (χ3n) is 2.23. The van der Waals surface area contributed by atoms with Gasteiger partial charge < -0.3 is 5.73 Å². The fraction of sp³-hybridized carbons (Fsp3) is 0.400. The molecule has 0 heterocycles. The molecule has 0 atom stereocenters. The van der Waals surface area contributed by atoms with Gasteiger partial charge in [0.1, 0.15) is 0 Å². The Hall–Kier alpha value is -0.750. The number of nitrogen functional groups attached to an aromatic ring is 1. The second-order valence-electron chi connectivity index (χ2n) is 3.88. The molecule has 3 N–H and O–H groups in total. The Balaban J connectivity index is 3.13. The molecule has 90 valence electrons. The minimum absolute atomic E-state index is 0.469. The summed E-state index contributed by atoms with van der Waals surface area (Å²) in [7, 11) is -3.34. The predicted octanol–water partition coefficient (Wildman–Crippen LogP) is 2.49. The molecule has 0 spiro atoms. The molecular weight excluding hydrogens is 292 g/mol. The lowest BCUT2D eigenvalue weighted by atomic mass is 10.2. The largest absolute Gasteiger partial charge is 0.398 e. The van der Waals surface area contributed by atoms with E-state index >= 15 is 0 Å². The monoisotopic (exact) mass is 306 g/mol. The molecule has 0 bridgehead atoms. The highest BCUT2D eigenvalue weighted by atomic mass is 79.9. The van der Waals surface area contributed by atoms with E-state index in [1.807, 2.05) is 6.92 Å². The van der Waals surface area contributed by atoms with E-state index in [2.05, 4.69) is 20.7 Å². The number of anilines is 2. The summed E-state index contributed by atoms with van der Waals surface area (Å²) < 4.78 is 26.5. The van der Waals surface area contributed by atoms with Gasteiger partial charge in [0.05, 0.1) is 10.9 Å². The first kappa shape index (κ1) is 13.3. The molecule has 0 aliphatic rings. The molecular formula is C10H15BrN2O2S. The van der Waals surface area contributed by atoms with E-state index in [4.69, 9.17) is 5.73 Å². The van der Waals surface area contributed by atoms with Crippen LogP contribution in [0.15, 0.2) is 16.6 Å². The third kappa shape index (κ3) is 2.89. The van der Waals surface area contributed by atoms with Crippen molar-refractivity contribution in [1.29, 1.82) is 0 Å². The fourth-order valence-electron chi connectivity index (χ4n) is 1.04. The van der Waals surface area contributed by atoms with Crippen LogP contribution < -0.4 is 10.5 Å². The van der Waals surface area contributed by atoms with Gasteiger partial charge in [-0.25, -0.2) is 8.42 Å². The van der Waals surface area contributed by atoms with Crippen LogP contribution in [0.1, 0.15) is 19.4 Å². The standard InChI is InChI=1S/C10H15BrN2O2S/c1-6(2)16(14,15)13-10-5-9(12)7(3)4-8(10)11/h4-6,13H,12H2,1-3H3. The number of halogens is 1. The van der Waals surface area contributed by atoms with Gasteiger partial charge in [-0.2, -0.15) is 0 Å². The minimum Gasteiger partial charge on any atom is -0.398 e. The molecule has 0 radical (unpaired) electrons. The summed E-state index contributed by atoms with van der Waals surface area (Å²) in [6, 6.07) is 3.40. The quantitative estimate of drug-likeness (QED) is 0.843. The highest BCUT2D eigenvalue weighted by Crippen LogP contribution is 2.28. The average Bonchev–Trinajstić information content (AvgIpc) is 2.13. The first-order chi connectivity index (χ1) is 7.24. The van der Waals surface area contributed by atoms with E-state index in [0.29, 0.717) is 15.8 Å². The number of hydrogen-bond donors (Lipinski definition) is 2. The topological polar surface area (TPSA) is 72.2 Å². The Bertz CT molecular complexity index is 498. The maximum Gasteiger partial charge on any atom is 0.235 e. The molecule has 16 heavy (non-hydrogen) atoms. The molecule has 1 aromatic carbocycles. The van der Waals surface area contributed by atoms with Crippen molar-refractivity contribution in [2.24, 2.45) is 0 Å². The van der Waals surface area contributed by atoms with Crippen molar-refractivity contribution < 1.29 is 8.42 Å². The van der Waals surface area contributed by atoms with Gasteiger partial charge in [-0.15, -0.1) is 0 Å². The molecule has 0 aliphatic heterocycles. The van der Waals surface area contributed by atoms with Crippen LogP contribution in [0.3, 0.4) is 0 Å². The van der Waals surface area contributed by atoms with Gasteiger partial charge in [-0.1, -0.05) is 0 Å². The van der Waals surface area contributed by atoms with Crippen LogP contribution in [-0.2, 0) is 10.0 Å². The number of hydrogen-bond acceptors (Lipinski definition) is 3. The van der Waals surface area contributed by atoms with Crippen LogP contribution in [0, 0.1) is 6.92 Å². The molecule has 0 amide bonds. The first-order valence-corrected chi connectivity index (χ1v) is 7.15. The first-order valence-electron chi connectivity index (χ1n) is 4.81. The lowest BCUT2D eigenvalue weighted by Gasteiger charge is -2.13. The number of sulfonamides is 1. The maximum atomic E-state index is 11.7. The summed E-state index contributed by atoms with van der Waals surface area (Å²) in [5.41, 5.74) is 7.66. The molecule has 0 saturated carbocycles. The van der Waals surface area contributed by atoms with Gasteiger partial charge in [0.25, 0.3) is 0 Å². The third-order valence-corrected chi connectivity index (χ3v) is 4.63. The van der Waals surface area contributed by atoms with E-state index in [1.54, 1.807) is 26.0 Å². The second-order valence-corrected chi connectivity index (χ2v) is 6.98.